The van der Waals surface area contributed by atoms with Crippen molar-refractivity contribution >= 4 is 23.4 Å². The van der Waals surface area contributed by atoms with Crippen LogP contribution in [0.3, 0.4) is 0 Å². The molecule has 5 heteroatoms. The molecule has 1 saturated heterocycles. The predicted octanol–water partition coefficient (Wildman–Crippen LogP) is 3.35. The number of halogens is 1. The van der Waals surface area contributed by atoms with Gasteiger partial charge in [0.05, 0.1) is 6.33 Å². The van der Waals surface area contributed by atoms with E-state index in [0.29, 0.717) is 6.04 Å². The van der Waals surface area contributed by atoms with Crippen LogP contribution < -0.4 is 0 Å². The molecule has 3 nitrogen and oxygen atoms in total. The van der Waals surface area contributed by atoms with Crippen LogP contribution in [0.5, 0.6) is 0 Å². The standard InChI is InChI=1S/C14H16ClN3S/c15-12-3-1-11(2-4-12)14-9-19-6-5-18(14)8-13-7-16-10-17-13/h1-4,7,10,14H,5-6,8-9H2,(H,16,17)/t14-/m0/s1. The summed E-state index contributed by atoms with van der Waals surface area (Å²) in [5.74, 6) is 2.33. The molecule has 3 rings (SSSR count). The second kappa shape index (κ2) is 5.99. The monoisotopic (exact) mass is 293 g/mol. The van der Waals surface area contributed by atoms with Crippen LogP contribution in [-0.2, 0) is 6.54 Å². The van der Waals surface area contributed by atoms with Gasteiger partial charge in [0, 0.05) is 47.6 Å². The van der Waals surface area contributed by atoms with E-state index < -0.39 is 0 Å². The molecule has 0 saturated carbocycles. The van der Waals surface area contributed by atoms with Gasteiger partial charge < -0.3 is 4.98 Å². The van der Waals surface area contributed by atoms with E-state index in [1.165, 1.54) is 17.0 Å². The van der Waals surface area contributed by atoms with Gasteiger partial charge in [0.2, 0.25) is 0 Å². The zero-order valence-electron chi connectivity index (χ0n) is 10.6. The van der Waals surface area contributed by atoms with Gasteiger partial charge in [0.1, 0.15) is 0 Å². The quantitative estimate of drug-likeness (QED) is 0.942. The van der Waals surface area contributed by atoms with Crippen LogP contribution >= 0.6 is 23.4 Å². The van der Waals surface area contributed by atoms with Gasteiger partial charge in [-0.25, -0.2) is 4.98 Å². The van der Waals surface area contributed by atoms with Gasteiger partial charge in [-0.15, -0.1) is 0 Å². The maximum atomic E-state index is 5.97. The maximum absolute atomic E-state index is 5.97. The van der Waals surface area contributed by atoms with Crippen molar-refractivity contribution in [1.29, 1.82) is 0 Å². The first-order chi connectivity index (χ1) is 9.33. The third-order valence-corrected chi connectivity index (χ3v) is 4.70. The average Bonchev–Trinajstić information content (AvgIpc) is 2.93. The number of hydrogen-bond donors (Lipinski definition) is 1. The summed E-state index contributed by atoms with van der Waals surface area (Å²) in [5.41, 5.74) is 2.52. The van der Waals surface area contributed by atoms with Crippen molar-refractivity contribution in [2.24, 2.45) is 0 Å². The van der Waals surface area contributed by atoms with Crippen molar-refractivity contribution in [1.82, 2.24) is 14.9 Å². The maximum Gasteiger partial charge on any atom is 0.0922 e. The van der Waals surface area contributed by atoms with E-state index >= 15 is 0 Å². The molecule has 0 spiro atoms. The molecule has 100 valence electrons. The summed E-state index contributed by atoms with van der Waals surface area (Å²) >= 11 is 7.99. The van der Waals surface area contributed by atoms with Gasteiger partial charge in [-0.2, -0.15) is 11.8 Å². The molecule has 1 aliphatic rings. The highest BCUT2D eigenvalue weighted by atomic mass is 35.5. The number of aromatic nitrogens is 2. The van der Waals surface area contributed by atoms with Crippen LogP contribution in [0.25, 0.3) is 0 Å². The van der Waals surface area contributed by atoms with Crippen molar-refractivity contribution in [3.8, 4) is 0 Å². The molecule has 0 unspecified atom stereocenters. The molecule has 1 atom stereocenters. The van der Waals surface area contributed by atoms with Crippen molar-refractivity contribution in [3.63, 3.8) is 0 Å². The molecule has 1 aromatic heterocycles. The smallest absolute Gasteiger partial charge is 0.0922 e. The van der Waals surface area contributed by atoms with Gasteiger partial charge in [-0.3, -0.25) is 4.90 Å². The second-order valence-electron chi connectivity index (χ2n) is 4.69. The van der Waals surface area contributed by atoms with Crippen molar-refractivity contribution in [2.45, 2.75) is 12.6 Å². The Balaban J connectivity index is 1.78. The Morgan fingerprint density at radius 3 is 2.95 bits per heavy atom. The lowest BCUT2D eigenvalue weighted by molar-refractivity contribution is 0.210. The Morgan fingerprint density at radius 1 is 1.37 bits per heavy atom. The number of rotatable bonds is 3. The number of thioether (sulfide) groups is 1. The summed E-state index contributed by atoms with van der Waals surface area (Å²) in [6, 6.07) is 8.69. The van der Waals surface area contributed by atoms with Gasteiger partial charge >= 0.3 is 0 Å². The molecular formula is C14H16ClN3S. The lowest BCUT2D eigenvalue weighted by Gasteiger charge is -2.35. The highest BCUT2D eigenvalue weighted by Gasteiger charge is 2.24. The first kappa shape index (κ1) is 13.0. The Hall–Kier alpha value is -0.970. The fourth-order valence-corrected chi connectivity index (χ4v) is 3.69. The fourth-order valence-electron chi connectivity index (χ4n) is 2.41. The van der Waals surface area contributed by atoms with Crippen molar-refractivity contribution in [3.05, 3.63) is 53.1 Å². The van der Waals surface area contributed by atoms with Crippen LogP contribution in [0.2, 0.25) is 5.02 Å². The molecule has 1 aliphatic heterocycles. The summed E-state index contributed by atoms with van der Waals surface area (Å²) in [6.45, 7) is 2.03. The third-order valence-electron chi connectivity index (χ3n) is 3.42. The van der Waals surface area contributed by atoms with E-state index in [4.69, 9.17) is 11.6 Å². The van der Waals surface area contributed by atoms with E-state index in [1.54, 1.807) is 6.33 Å². The topological polar surface area (TPSA) is 31.9 Å². The summed E-state index contributed by atoms with van der Waals surface area (Å²) in [6.07, 6.45) is 3.64. The number of hydrogen-bond acceptors (Lipinski definition) is 3. The lowest BCUT2D eigenvalue weighted by Crippen LogP contribution is -2.35. The number of nitrogens with zero attached hydrogens (tertiary/aromatic N) is 2. The van der Waals surface area contributed by atoms with Crippen molar-refractivity contribution in [2.75, 3.05) is 18.1 Å². The van der Waals surface area contributed by atoms with Gasteiger partial charge in [-0.1, -0.05) is 23.7 Å². The summed E-state index contributed by atoms with van der Waals surface area (Å²) in [5, 5.41) is 0.798. The van der Waals surface area contributed by atoms with E-state index in [1.807, 2.05) is 30.1 Å². The predicted molar refractivity (Wildman–Crippen MR) is 80.5 cm³/mol. The molecule has 0 amide bonds. The Labute approximate surface area is 122 Å². The molecule has 0 aliphatic carbocycles. The minimum Gasteiger partial charge on any atom is -0.347 e. The SMILES string of the molecule is Clc1ccc([C@@H]2CSCCN2Cc2cnc[nH]2)cc1. The minimum absolute atomic E-state index is 0.458. The van der Waals surface area contributed by atoms with E-state index in [9.17, 15) is 0 Å². The highest BCUT2D eigenvalue weighted by molar-refractivity contribution is 7.99. The van der Waals surface area contributed by atoms with Crippen LogP contribution in [0.4, 0.5) is 0 Å². The average molecular weight is 294 g/mol. The molecular weight excluding hydrogens is 278 g/mol. The zero-order chi connectivity index (χ0) is 13.1. The second-order valence-corrected chi connectivity index (χ2v) is 6.28. The number of imidazole rings is 1. The third kappa shape index (κ3) is 3.14. The summed E-state index contributed by atoms with van der Waals surface area (Å²) < 4.78 is 0. The van der Waals surface area contributed by atoms with Gasteiger partial charge in [0.15, 0.2) is 0 Å². The number of benzene rings is 1. The van der Waals surface area contributed by atoms with Crippen LogP contribution in [0, 0.1) is 0 Å². The highest BCUT2D eigenvalue weighted by Crippen LogP contribution is 2.31. The Bertz CT molecular complexity index is 512. The molecule has 1 fully saturated rings. The molecule has 1 aromatic carbocycles. The van der Waals surface area contributed by atoms with Crippen LogP contribution in [-0.4, -0.2) is 32.9 Å². The van der Waals surface area contributed by atoms with E-state index in [0.717, 1.165) is 23.9 Å². The van der Waals surface area contributed by atoms with Crippen LogP contribution in [0.15, 0.2) is 36.8 Å². The first-order valence-corrected chi connectivity index (χ1v) is 7.91. The normalized spacial score (nSPS) is 20.6. The Morgan fingerprint density at radius 2 is 2.21 bits per heavy atom. The Kier molecular flexibility index (Phi) is 4.11. The van der Waals surface area contributed by atoms with E-state index in [2.05, 4.69) is 27.0 Å². The zero-order valence-corrected chi connectivity index (χ0v) is 12.1. The molecule has 2 aromatic rings. The minimum atomic E-state index is 0.458. The fraction of sp³-hybridized carbons (Fsp3) is 0.357. The molecule has 19 heavy (non-hydrogen) atoms. The van der Waals surface area contributed by atoms with Gasteiger partial charge in [0.25, 0.3) is 0 Å². The molecule has 0 radical (unpaired) electrons. The molecule has 1 N–H and O–H groups in total. The number of H-pyrrole nitrogens is 1. The van der Waals surface area contributed by atoms with Crippen LogP contribution in [0.1, 0.15) is 17.3 Å². The molecule has 0 bridgehead atoms. The largest absolute Gasteiger partial charge is 0.347 e. The van der Waals surface area contributed by atoms with Gasteiger partial charge in [-0.05, 0) is 17.7 Å². The summed E-state index contributed by atoms with van der Waals surface area (Å²) in [4.78, 5) is 9.78. The molecule has 2 heterocycles. The van der Waals surface area contributed by atoms with Crippen molar-refractivity contribution < 1.29 is 0 Å². The number of nitrogens with one attached hydrogen (secondary N) is 1. The first-order valence-electron chi connectivity index (χ1n) is 6.37. The number of aromatic amines is 1. The lowest BCUT2D eigenvalue weighted by atomic mass is 10.1. The summed E-state index contributed by atoms with van der Waals surface area (Å²) in [7, 11) is 0. The van der Waals surface area contributed by atoms with E-state index in [-0.39, 0.29) is 0 Å².